The normalized spacial score (nSPS) is 16.9. The molecular weight excluding hydrogens is 516 g/mol. The number of benzene rings is 3. The molecule has 5 rings (SSSR count). The average molecular weight is 553 g/mol. The Labute approximate surface area is 240 Å². The number of ketones is 1. The highest BCUT2D eigenvalue weighted by Crippen LogP contribution is 2.40. The quantitative estimate of drug-likeness (QED) is 0.147. The predicted molar refractivity (Wildman–Crippen MR) is 160 cm³/mol. The summed E-state index contributed by atoms with van der Waals surface area (Å²) in [5.74, 6) is -0.111. The van der Waals surface area contributed by atoms with Crippen LogP contribution in [0.25, 0.3) is 16.7 Å². The molecule has 1 atom stereocenters. The van der Waals surface area contributed by atoms with E-state index in [-0.39, 0.29) is 16.7 Å². The number of methoxy groups -OCH3 is 1. The molecule has 41 heavy (non-hydrogen) atoms. The van der Waals surface area contributed by atoms with E-state index in [1.54, 1.807) is 36.3 Å². The van der Waals surface area contributed by atoms with E-state index in [2.05, 4.69) is 25.8 Å². The van der Waals surface area contributed by atoms with Gasteiger partial charge in [-0.25, -0.2) is 0 Å². The van der Waals surface area contributed by atoms with Crippen molar-refractivity contribution in [1.82, 2.24) is 9.88 Å². The summed E-state index contributed by atoms with van der Waals surface area (Å²) in [6.07, 6.45) is 2.44. The first kappa shape index (κ1) is 28.0. The molecule has 212 valence electrons. The molecule has 3 aromatic carbocycles. The summed E-state index contributed by atoms with van der Waals surface area (Å²) in [6.45, 7) is 9.11. The molecule has 1 amide bonds. The van der Waals surface area contributed by atoms with E-state index >= 15 is 0 Å². The van der Waals surface area contributed by atoms with Gasteiger partial charge in [-0.1, -0.05) is 45.0 Å². The summed E-state index contributed by atoms with van der Waals surface area (Å²) < 4.78 is 10.9. The molecule has 2 N–H and O–H groups in total. The first-order chi connectivity index (χ1) is 19.6. The van der Waals surface area contributed by atoms with Crippen LogP contribution < -0.4 is 9.47 Å². The number of fused-ring (bicyclic) bond motifs is 1. The lowest BCUT2D eigenvalue weighted by Crippen LogP contribution is -2.31. The van der Waals surface area contributed by atoms with Crippen molar-refractivity contribution in [2.75, 3.05) is 20.3 Å². The minimum Gasteiger partial charge on any atom is -0.507 e. The van der Waals surface area contributed by atoms with Gasteiger partial charge in [0.05, 0.1) is 25.3 Å². The van der Waals surface area contributed by atoms with Crippen molar-refractivity contribution in [2.24, 2.45) is 0 Å². The lowest BCUT2D eigenvalue weighted by molar-refractivity contribution is -0.139. The molecule has 0 unspecified atom stereocenters. The number of carbonyl (C=O) groups is 2. The Morgan fingerprint density at radius 3 is 2.29 bits per heavy atom. The van der Waals surface area contributed by atoms with E-state index in [1.165, 1.54) is 0 Å². The van der Waals surface area contributed by atoms with Crippen LogP contribution in [0, 0.1) is 0 Å². The third kappa shape index (κ3) is 5.44. The van der Waals surface area contributed by atoms with E-state index in [1.807, 2.05) is 55.6 Å². The molecular formula is C34H36N2O5. The molecule has 1 aliphatic rings. The summed E-state index contributed by atoms with van der Waals surface area (Å²) in [4.78, 5) is 31.9. The van der Waals surface area contributed by atoms with Crippen LogP contribution in [0.2, 0.25) is 0 Å². The molecule has 1 fully saturated rings. The maximum absolute atomic E-state index is 13.5. The number of aliphatic hydroxyl groups excluding tert-OH is 1. The summed E-state index contributed by atoms with van der Waals surface area (Å²) in [7, 11) is 1.63. The van der Waals surface area contributed by atoms with Gasteiger partial charge >= 0.3 is 0 Å². The number of carbonyl (C=O) groups excluding carboxylic acids is 2. The zero-order valence-electron chi connectivity index (χ0n) is 24.2. The number of nitrogens with one attached hydrogen (secondary N) is 1. The van der Waals surface area contributed by atoms with Gasteiger partial charge in [-0.2, -0.15) is 0 Å². The van der Waals surface area contributed by atoms with Gasteiger partial charge in [-0.15, -0.1) is 0 Å². The SMILES string of the molecule is CCOc1ccc(C(O)=C2C(=O)C(=O)N(CCc3c[nH]c4ccc(OC)cc34)[C@@H]2c2ccc(C(C)(C)C)cc2)cc1. The van der Waals surface area contributed by atoms with Gasteiger partial charge in [0, 0.05) is 29.2 Å². The van der Waals surface area contributed by atoms with Crippen molar-refractivity contribution >= 4 is 28.4 Å². The standard InChI is InChI=1S/C34H36N2O5/c1-6-41-25-13-9-22(10-14-25)31(37)29-30(21-7-11-24(12-8-21)34(2,3)4)36(33(39)32(29)38)18-17-23-20-35-28-16-15-26(40-5)19-27(23)28/h7-16,19-20,30,35,37H,6,17-18H2,1-5H3/t30-/m1/s1. The molecule has 2 heterocycles. The minimum absolute atomic E-state index is 0.0565. The second-order valence-electron chi connectivity index (χ2n) is 11.3. The number of nitrogens with zero attached hydrogens (tertiary/aromatic N) is 1. The van der Waals surface area contributed by atoms with Crippen LogP contribution in [0.5, 0.6) is 11.5 Å². The van der Waals surface area contributed by atoms with Crippen LogP contribution in [-0.2, 0) is 21.4 Å². The average Bonchev–Trinajstić information content (AvgIpc) is 3.48. The zero-order chi connectivity index (χ0) is 29.3. The number of aliphatic hydroxyl groups is 1. The van der Waals surface area contributed by atoms with Crippen molar-refractivity contribution in [3.63, 3.8) is 0 Å². The largest absolute Gasteiger partial charge is 0.507 e. The molecule has 7 heteroatoms. The second-order valence-corrected chi connectivity index (χ2v) is 11.3. The Bertz CT molecular complexity index is 1610. The zero-order valence-corrected chi connectivity index (χ0v) is 24.2. The maximum Gasteiger partial charge on any atom is 0.295 e. The van der Waals surface area contributed by atoms with E-state index in [4.69, 9.17) is 9.47 Å². The fourth-order valence-corrected chi connectivity index (χ4v) is 5.39. The number of H-pyrrole nitrogens is 1. The van der Waals surface area contributed by atoms with Gasteiger partial charge in [0.25, 0.3) is 11.7 Å². The highest BCUT2D eigenvalue weighted by atomic mass is 16.5. The van der Waals surface area contributed by atoms with Crippen molar-refractivity contribution in [3.8, 4) is 11.5 Å². The van der Waals surface area contributed by atoms with Crippen LogP contribution >= 0.6 is 0 Å². The monoisotopic (exact) mass is 552 g/mol. The molecule has 4 aromatic rings. The fourth-order valence-electron chi connectivity index (χ4n) is 5.39. The molecule has 1 saturated heterocycles. The molecule has 0 radical (unpaired) electrons. The first-order valence-electron chi connectivity index (χ1n) is 13.9. The molecule has 0 spiro atoms. The summed E-state index contributed by atoms with van der Waals surface area (Å²) >= 11 is 0. The number of amides is 1. The summed E-state index contributed by atoms with van der Waals surface area (Å²) in [6, 6.07) is 19.9. The summed E-state index contributed by atoms with van der Waals surface area (Å²) in [5, 5.41) is 12.4. The van der Waals surface area contributed by atoms with Crippen LogP contribution in [0.15, 0.2) is 78.5 Å². The van der Waals surface area contributed by atoms with Crippen LogP contribution in [0.3, 0.4) is 0 Å². The molecule has 0 bridgehead atoms. The topological polar surface area (TPSA) is 91.9 Å². The number of hydrogen-bond donors (Lipinski definition) is 2. The lowest BCUT2D eigenvalue weighted by atomic mass is 9.85. The smallest absolute Gasteiger partial charge is 0.295 e. The number of aromatic amines is 1. The van der Waals surface area contributed by atoms with Crippen molar-refractivity contribution in [3.05, 3.63) is 101 Å². The van der Waals surface area contributed by atoms with Gasteiger partial charge in [0.2, 0.25) is 0 Å². The Morgan fingerprint density at radius 1 is 0.976 bits per heavy atom. The molecule has 1 aromatic heterocycles. The van der Waals surface area contributed by atoms with Gasteiger partial charge in [0.1, 0.15) is 17.3 Å². The predicted octanol–water partition coefficient (Wildman–Crippen LogP) is 6.54. The molecule has 0 aliphatic carbocycles. The first-order valence-corrected chi connectivity index (χ1v) is 13.9. The Morgan fingerprint density at radius 2 is 1.66 bits per heavy atom. The highest BCUT2D eigenvalue weighted by molar-refractivity contribution is 6.46. The second kappa shape index (κ2) is 11.2. The van der Waals surface area contributed by atoms with Crippen molar-refractivity contribution in [1.29, 1.82) is 0 Å². The van der Waals surface area contributed by atoms with Gasteiger partial charge in [-0.3, -0.25) is 9.59 Å². The number of rotatable bonds is 8. The molecule has 0 saturated carbocycles. The summed E-state index contributed by atoms with van der Waals surface area (Å²) in [5.41, 5.74) is 4.36. The number of hydrogen-bond acceptors (Lipinski definition) is 5. The van der Waals surface area contributed by atoms with Gasteiger partial charge in [-0.05, 0) is 77.9 Å². The fraction of sp³-hybridized carbons (Fsp3) is 0.294. The van der Waals surface area contributed by atoms with E-state index in [0.717, 1.165) is 33.3 Å². The number of ether oxygens (including phenoxy) is 2. The van der Waals surface area contributed by atoms with Crippen LogP contribution in [0.4, 0.5) is 0 Å². The molecule has 1 aliphatic heterocycles. The Hall–Kier alpha value is -4.52. The Balaban J connectivity index is 1.55. The lowest BCUT2D eigenvalue weighted by Gasteiger charge is -2.26. The highest BCUT2D eigenvalue weighted by Gasteiger charge is 2.46. The number of Topliss-reactive ketones (excluding diaryl/α,β-unsaturated/α-hetero) is 1. The van der Waals surface area contributed by atoms with E-state index < -0.39 is 17.7 Å². The van der Waals surface area contributed by atoms with Crippen molar-refractivity contribution in [2.45, 2.75) is 45.6 Å². The number of likely N-dealkylation sites (tertiary alicyclic amines) is 1. The van der Waals surface area contributed by atoms with Crippen molar-refractivity contribution < 1.29 is 24.2 Å². The Kier molecular flexibility index (Phi) is 7.63. The maximum atomic E-state index is 13.5. The van der Waals surface area contributed by atoms with Crippen LogP contribution in [0.1, 0.15) is 56.0 Å². The third-order valence-electron chi connectivity index (χ3n) is 7.67. The molecule has 7 nitrogen and oxygen atoms in total. The third-order valence-corrected chi connectivity index (χ3v) is 7.67. The van der Waals surface area contributed by atoms with Crippen LogP contribution in [-0.4, -0.2) is 46.9 Å². The van der Waals surface area contributed by atoms with E-state index in [9.17, 15) is 14.7 Å². The minimum atomic E-state index is -0.727. The van der Waals surface area contributed by atoms with Gasteiger partial charge in [0.15, 0.2) is 0 Å². The van der Waals surface area contributed by atoms with E-state index in [0.29, 0.717) is 30.9 Å². The van der Waals surface area contributed by atoms with Gasteiger partial charge < -0.3 is 24.5 Å². The number of aromatic nitrogens is 1.